The molecule has 0 atom stereocenters. The smallest absolute Gasteiger partial charge is 0.267 e. The summed E-state index contributed by atoms with van der Waals surface area (Å²) in [7, 11) is 0. The Hall–Kier alpha value is -2.24. The van der Waals surface area contributed by atoms with E-state index in [1.807, 2.05) is 0 Å². The van der Waals surface area contributed by atoms with E-state index in [4.69, 9.17) is 0 Å². The molecular formula is C19H23N5O. The number of anilines is 1. The van der Waals surface area contributed by atoms with Crippen LogP contribution in [-0.4, -0.2) is 33.1 Å². The van der Waals surface area contributed by atoms with Crippen LogP contribution in [0.4, 0.5) is 5.82 Å². The number of rotatable bonds is 4. The molecule has 6 nitrogen and oxygen atoms in total. The predicted octanol–water partition coefficient (Wildman–Crippen LogP) is 1.93. The molecule has 0 unspecified atom stereocenters. The van der Waals surface area contributed by atoms with Crippen LogP contribution in [0.1, 0.15) is 48.6 Å². The van der Waals surface area contributed by atoms with Crippen molar-refractivity contribution in [3.63, 3.8) is 0 Å². The molecule has 0 radical (unpaired) electrons. The summed E-state index contributed by atoms with van der Waals surface area (Å²) >= 11 is 0. The molecule has 2 aromatic heterocycles. The molecule has 2 fully saturated rings. The van der Waals surface area contributed by atoms with Crippen molar-refractivity contribution in [3.05, 3.63) is 45.5 Å². The van der Waals surface area contributed by atoms with Gasteiger partial charge in [0.25, 0.3) is 5.56 Å². The Morgan fingerprint density at radius 1 is 1.08 bits per heavy atom. The van der Waals surface area contributed by atoms with E-state index in [-0.39, 0.29) is 5.56 Å². The van der Waals surface area contributed by atoms with Gasteiger partial charge in [0.05, 0.1) is 17.9 Å². The first-order chi connectivity index (χ1) is 12.3. The molecule has 130 valence electrons. The Bertz CT molecular complexity index is 834. The van der Waals surface area contributed by atoms with Crippen molar-refractivity contribution in [3.8, 4) is 0 Å². The van der Waals surface area contributed by atoms with Crippen molar-refractivity contribution < 1.29 is 0 Å². The van der Waals surface area contributed by atoms with Crippen LogP contribution in [0.2, 0.25) is 0 Å². The molecule has 1 saturated carbocycles. The van der Waals surface area contributed by atoms with Gasteiger partial charge in [-0.25, -0.2) is 4.68 Å². The van der Waals surface area contributed by atoms with Gasteiger partial charge < -0.3 is 4.90 Å². The fourth-order valence-electron chi connectivity index (χ4n) is 3.95. The molecular weight excluding hydrogens is 314 g/mol. The third-order valence-electron chi connectivity index (χ3n) is 5.65. The van der Waals surface area contributed by atoms with Crippen molar-refractivity contribution in [2.45, 2.75) is 51.0 Å². The summed E-state index contributed by atoms with van der Waals surface area (Å²) in [5.74, 6) is 2.05. The second-order valence-electron chi connectivity index (χ2n) is 7.71. The number of nitrogens with zero attached hydrogens (tertiary/aromatic N) is 5. The lowest BCUT2D eigenvalue weighted by Gasteiger charge is -2.39. The first kappa shape index (κ1) is 15.0. The third kappa shape index (κ3) is 2.94. The first-order valence-corrected chi connectivity index (χ1v) is 9.45. The highest BCUT2D eigenvalue weighted by Crippen LogP contribution is 2.39. The highest BCUT2D eigenvalue weighted by atomic mass is 16.1. The van der Waals surface area contributed by atoms with Crippen LogP contribution in [-0.2, 0) is 19.4 Å². The standard InChI is InChI=1S/C19H23N5O/c25-19-9-15-3-1-2-4-17(15)22-24(19)12-13-10-23(11-13)18-8-7-16(20-21-18)14-5-6-14/h7-9,13-14H,1-6,10-12H2. The minimum Gasteiger partial charge on any atom is -0.354 e. The van der Waals surface area contributed by atoms with E-state index in [0.717, 1.165) is 48.7 Å². The topological polar surface area (TPSA) is 63.9 Å². The maximum absolute atomic E-state index is 12.3. The van der Waals surface area contributed by atoms with Gasteiger partial charge in [-0.3, -0.25) is 4.79 Å². The van der Waals surface area contributed by atoms with Gasteiger partial charge in [0.15, 0.2) is 5.82 Å². The van der Waals surface area contributed by atoms with Crippen LogP contribution in [0, 0.1) is 5.92 Å². The van der Waals surface area contributed by atoms with Gasteiger partial charge in [0.1, 0.15) is 0 Å². The van der Waals surface area contributed by atoms with Gasteiger partial charge in [-0.05, 0) is 56.2 Å². The molecule has 3 aliphatic rings. The van der Waals surface area contributed by atoms with E-state index in [1.54, 1.807) is 10.7 Å². The number of hydrogen-bond acceptors (Lipinski definition) is 5. The zero-order valence-corrected chi connectivity index (χ0v) is 14.4. The lowest BCUT2D eigenvalue weighted by atomic mass is 9.96. The van der Waals surface area contributed by atoms with E-state index in [9.17, 15) is 4.79 Å². The average Bonchev–Trinajstić information content (AvgIpc) is 3.43. The van der Waals surface area contributed by atoms with Gasteiger partial charge in [0, 0.05) is 31.0 Å². The van der Waals surface area contributed by atoms with Crippen LogP contribution in [0.3, 0.4) is 0 Å². The number of aromatic nitrogens is 4. The molecule has 0 N–H and O–H groups in total. The van der Waals surface area contributed by atoms with Crippen LogP contribution < -0.4 is 10.5 Å². The zero-order valence-electron chi connectivity index (χ0n) is 14.4. The molecule has 2 aromatic rings. The Morgan fingerprint density at radius 3 is 2.68 bits per heavy atom. The first-order valence-electron chi connectivity index (χ1n) is 9.45. The second kappa shape index (κ2) is 5.93. The Morgan fingerprint density at radius 2 is 1.92 bits per heavy atom. The van der Waals surface area contributed by atoms with Gasteiger partial charge in [-0.15, -0.1) is 5.10 Å². The number of aryl methyl sites for hydroxylation is 2. The molecule has 2 aliphatic carbocycles. The maximum atomic E-state index is 12.3. The van der Waals surface area contributed by atoms with Crippen LogP contribution in [0.25, 0.3) is 0 Å². The lowest BCUT2D eigenvalue weighted by Crippen LogP contribution is -2.50. The minimum atomic E-state index is 0.0488. The molecule has 3 heterocycles. The third-order valence-corrected chi connectivity index (χ3v) is 5.65. The Labute approximate surface area is 146 Å². The van der Waals surface area contributed by atoms with E-state index >= 15 is 0 Å². The quantitative estimate of drug-likeness (QED) is 0.853. The fourth-order valence-corrected chi connectivity index (χ4v) is 3.95. The lowest BCUT2D eigenvalue weighted by molar-refractivity contribution is 0.329. The van der Waals surface area contributed by atoms with Crippen molar-refractivity contribution in [2.75, 3.05) is 18.0 Å². The highest BCUT2D eigenvalue weighted by molar-refractivity contribution is 5.41. The van der Waals surface area contributed by atoms with Gasteiger partial charge in [0.2, 0.25) is 0 Å². The molecule has 0 amide bonds. The number of hydrogen-bond donors (Lipinski definition) is 0. The molecule has 6 heteroatoms. The molecule has 0 spiro atoms. The highest BCUT2D eigenvalue weighted by Gasteiger charge is 2.30. The van der Waals surface area contributed by atoms with Crippen LogP contribution in [0.15, 0.2) is 23.0 Å². The SMILES string of the molecule is O=c1cc2c(nn1CC1CN(c3ccc(C4CC4)nn3)C1)CCCC2. The largest absolute Gasteiger partial charge is 0.354 e. The summed E-state index contributed by atoms with van der Waals surface area (Å²) in [6.07, 6.45) is 6.88. The normalized spacial score (nSPS) is 20.2. The van der Waals surface area contributed by atoms with Gasteiger partial charge in [-0.2, -0.15) is 10.2 Å². The molecule has 0 aromatic carbocycles. The summed E-state index contributed by atoms with van der Waals surface area (Å²) in [5.41, 5.74) is 3.47. The van der Waals surface area contributed by atoms with E-state index < -0.39 is 0 Å². The van der Waals surface area contributed by atoms with Crippen LogP contribution in [0.5, 0.6) is 0 Å². The van der Waals surface area contributed by atoms with Gasteiger partial charge >= 0.3 is 0 Å². The summed E-state index contributed by atoms with van der Waals surface area (Å²) in [4.78, 5) is 14.5. The maximum Gasteiger partial charge on any atom is 0.267 e. The second-order valence-corrected chi connectivity index (χ2v) is 7.71. The summed E-state index contributed by atoms with van der Waals surface area (Å²) in [6.45, 7) is 2.54. The molecule has 1 saturated heterocycles. The molecule has 1 aliphatic heterocycles. The predicted molar refractivity (Wildman–Crippen MR) is 94.8 cm³/mol. The summed E-state index contributed by atoms with van der Waals surface area (Å²) in [6, 6.07) is 6.00. The minimum absolute atomic E-state index is 0.0488. The monoisotopic (exact) mass is 337 g/mol. The fraction of sp³-hybridized carbons (Fsp3) is 0.579. The van der Waals surface area contributed by atoms with Crippen molar-refractivity contribution in [2.24, 2.45) is 5.92 Å². The Kier molecular flexibility index (Phi) is 3.57. The zero-order chi connectivity index (χ0) is 16.8. The number of fused-ring (bicyclic) bond motifs is 1. The van der Waals surface area contributed by atoms with E-state index in [1.165, 1.54) is 25.7 Å². The van der Waals surface area contributed by atoms with Crippen molar-refractivity contribution in [1.29, 1.82) is 0 Å². The van der Waals surface area contributed by atoms with Crippen molar-refractivity contribution in [1.82, 2.24) is 20.0 Å². The van der Waals surface area contributed by atoms with E-state index in [0.29, 0.717) is 18.4 Å². The van der Waals surface area contributed by atoms with E-state index in [2.05, 4.69) is 32.3 Å². The summed E-state index contributed by atoms with van der Waals surface area (Å²) < 4.78 is 1.67. The Balaban J connectivity index is 1.23. The summed E-state index contributed by atoms with van der Waals surface area (Å²) in [5, 5.41) is 13.4. The molecule has 5 rings (SSSR count). The molecule has 25 heavy (non-hydrogen) atoms. The van der Waals surface area contributed by atoms with Gasteiger partial charge in [-0.1, -0.05) is 0 Å². The van der Waals surface area contributed by atoms with Crippen LogP contribution >= 0.6 is 0 Å². The average molecular weight is 337 g/mol. The molecule has 0 bridgehead atoms. The van der Waals surface area contributed by atoms with Crippen molar-refractivity contribution >= 4 is 5.82 Å².